The molecule has 3 nitrogen and oxygen atoms in total. The Balaban J connectivity index is 1.82. The topological polar surface area (TPSA) is 41.1 Å². The summed E-state index contributed by atoms with van der Waals surface area (Å²) in [5.74, 6) is -0.274. The Morgan fingerprint density at radius 1 is 1.04 bits per heavy atom. The maximum atomic E-state index is 12.4. The number of hydrogen-bond acceptors (Lipinski definition) is 2. The van der Waals surface area contributed by atoms with E-state index in [0.717, 1.165) is 22.3 Å². The van der Waals surface area contributed by atoms with Gasteiger partial charge in [-0.3, -0.25) is 4.79 Å². The average molecular weight is 387 g/mol. The van der Waals surface area contributed by atoms with Crippen molar-refractivity contribution in [2.75, 3.05) is 17.2 Å². The van der Waals surface area contributed by atoms with Crippen molar-refractivity contribution in [3.8, 4) is 0 Å². The maximum Gasteiger partial charge on any atom is 0.416 e. The van der Waals surface area contributed by atoms with Gasteiger partial charge in [0, 0.05) is 28.8 Å². The van der Waals surface area contributed by atoms with E-state index in [-0.39, 0.29) is 12.3 Å². The van der Waals surface area contributed by atoms with E-state index in [0.29, 0.717) is 12.2 Å². The lowest BCUT2D eigenvalue weighted by molar-refractivity contribution is -0.137. The molecule has 122 valence electrons. The number of amides is 1. The van der Waals surface area contributed by atoms with Gasteiger partial charge in [-0.1, -0.05) is 12.1 Å². The molecule has 2 aromatic carbocycles. The van der Waals surface area contributed by atoms with Crippen LogP contribution in [0.25, 0.3) is 0 Å². The minimum Gasteiger partial charge on any atom is -0.384 e. The monoisotopic (exact) mass is 386 g/mol. The number of carbonyl (C=O) groups excluding carboxylic acids is 1. The van der Waals surface area contributed by atoms with Gasteiger partial charge in [0.1, 0.15) is 0 Å². The molecule has 0 heterocycles. The van der Waals surface area contributed by atoms with Crippen LogP contribution in [0.5, 0.6) is 0 Å². The molecule has 0 fully saturated rings. The molecular formula is C16H14BrF3N2O. The van der Waals surface area contributed by atoms with E-state index in [4.69, 9.17) is 0 Å². The molecule has 0 radical (unpaired) electrons. The molecule has 0 saturated heterocycles. The number of halogens is 4. The third kappa shape index (κ3) is 5.28. The van der Waals surface area contributed by atoms with Crippen LogP contribution in [0.3, 0.4) is 0 Å². The van der Waals surface area contributed by atoms with Gasteiger partial charge in [0.05, 0.1) is 5.56 Å². The van der Waals surface area contributed by atoms with Crippen LogP contribution in [0, 0.1) is 0 Å². The fraction of sp³-hybridized carbons (Fsp3) is 0.188. The quantitative estimate of drug-likeness (QED) is 0.766. The van der Waals surface area contributed by atoms with E-state index < -0.39 is 11.7 Å². The summed E-state index contributed by atoms with van der Waals surface area (Å²) in [5.41, 5.74) is 0.463. The largest absolute Gasteiger partial charge is 0.416 e. The van der Waals surface area contributed by atoms with Gasteiger partial charge in [0.2, 0.25) is 5.91 Å². The highest BCUT2D eigenvalue weighted by molar-refractivity contribution is 9.10. The van der Waals surface area contributed by atoms with Crippen LogP contribution >= 0.6 is 15.9 Å². The Morgan fingerprint density at radius 3 is 2.30 bits per heavy atom. The number of hydrogen-bond donors (Lipinski definition) is 2. The number of carbonyl (C=O) groups is 1. The summed E-state index contributed by atoms with van der Waals surface area (Å²) in [6.07, 6.45) is -4.18. The SMILES string of the molecule is O=C(CCNc1ccccc1Br)Nc1ccc(C(F)(F)F)cc1. The van der Waals surface area contributed by atoms with Crippen LogP contribution in [0.2, 0.25) is 0 Å². The molecule has 0 atom stereocenters. The average Bonchev–Trinajstić information content (AvgIpc) is 2.49. The van der Waals surface area contributed by atoms with Gasteiger partial charge in [0.25, 0.3) is 0 Å². The van der Waals surface area contributed by atoms with Crippen molar-refractivity contribution in [1.29, 1.82) is 0 Å². The summed E-state index contributed by atoms with van der Waals surface area (Å²) < 4.78 is 38.2. The summed E-state index contributed by atoms with van der Waals surface area (Å²) in [6.45, 7) is 0.412. The normalized spacial score (nSPS) is 11.1. The van der Waals surface area contributed by atoms with E-state index in [1.807, 2.05) is 24.3 Å². The van der Waals surface area contributed by atoms with E-state index in [1.165, 1.54) is 12.1 Å². The van der Waals surface area contributed by atoms with Crippen LogP contribution in [-0.2, 0) is 11.0 Å². The summed E-state index contributed by atoms with van der Waals surface area (Å²) in [5, 5.41) is 5.67. The first-order valence-corrected chi connectivity index (χ1v) is 7.61. The lowest BCUT2D eigenvalue weighted by Crippen LogP contribution is -2.16. The van der Waals surface area contributed by atoms with Crippen molar-refractivity contribution in [2.45, 2.75) is 12.6 Å². The molecule has 0 aliphatic rings. The van der Waals surface area contributed by atoms with Gasteiger partial charge in [-0.15, -0.1) is 0 Å². The first-order valence-electron chi connectivity index (χ1n) is 6.82. The fourth-order valence-corrected chi connectivity index (χ4v) is 2.31. The van der Waals surface area contributed by atoms with E-state index >= 15 is 0 Å². The summed E-state index contributed by atoms with van der Waals surface area (Å²) in [6, 6.07) is 11.9. The Labute approximate surface area is 140 Å². The second kappa shape index (κ2) is 7.50. The van der Waals surface area contributed by atoms with Gasteiger partial charge in [0.15, 0.2) is 0 Å². The first kappa shape index (κ1) is 17.3. The van der Waals surface area contributed by atoms with Crippen molar-refractivity contribution < 1.29 is 18.0 Å². The van der Waals surface area contributed by atoms with E-state index in [1.54, 1.807) is 0 Å². The molecule has 0 aliphatic carbocycles. The smallest absolute Gasteiger partial charge is 0.384 e. The predicted octanol–water partition coefficient (Wildman–Crippen LogP) is 4.91. The molecule has 7 heteroatoms. The van der Waals surface area contributed by atoms with Crippen molar-refractivity contribution >= 4 is 33.2 Å². The zero-order valence-electron chi connectivity index (χ0n) is 12.0. The molecule has 0 saturated carbocycles. The van der Waals surface area contributed by atoms with Crippen molar-refractivity contribution in [2.24, 2.45) is 0 Å². The molecule has 0 aliphatic heterocycles. The Bertz CT molecular complexity index is 672. The highest BCUT2D eigenvalue weighted by atomic mass is 79.9. The molecule has 2 N–H and O–H groups in total. The number of alkyl halides is 3. The lowest BCUT2D eigenvalue weighted by Gasteiger charge is -2.10. The summed E-state index contributed by atoms with van der Waals surface area (Å²) in [4.78, 5) is 11.8. The second-order valence-electron chi connectivity index (χ2n) is 4.78. The molecule has 2 aromatic rings. The van der Waals surface area contributed by atoms with Gasteiger partial charge in [-0.25, -0.2) is 0 Å². The Kier molecular flexibility index (Phi) is 5.65. The summed E-state index contributed by atoms with van der Waals surface area (Å²) >= 11 is 3.39. The molecular weight excluding hydrogens is 373 g/mol. The predicted molar refractivity (Wildman–Crippen MR) is 87.3 cm³/mol. The zero-order valence-corrected chi connectivity index (χ0v) is 13.5. The van der Waals surface area contributed by atoms with Crippen molar-refractivity contribution in [3.63, 3.8) is 0 Å². The van der Waals surface area contributed by atoms with Crippen LogP contribution in [0.4, 0.5) is 24.5 Å². The number of anilines is 2. The first-order chi connectivity index (χ1) is 10.9. The third-order valence-electron chi connectivity index (χ3n) is 3.04. The summed E-state index contributed by atoms with van der Waals surface area (Å²) in [7, 11) is 0. The van der Waals surface area contributed by atoms with Gasteiger partial charge in [-0.05, 0) is 52.3 Å². The van der Waals surface area contributed by atoms with Crippen LogP contribution in [-0.4, -0.2) is 12.5 Å². The Hall–Kier alpha value is -2.02. The molecule has 0 spiro atoms. The van der Waals surface area contributed by atoms with E-state index in [2.05, 4.69) is 26.6 Å². The number of nitrogens with one attached hydrogen (secondary N) is 2. The molecule has 23 heavy (non-hydrogen) atoms. The van der Waals surface area contributed by atoms with Crippen LogP contribution in [0.1, 0.15) is 12.0 Å². The van der Waals surface area contributed by atoms with Gasteiger partial charge >= 0.3 is 6.18 Å². The second-order valence-corrected chi connectivity index (χ2v) is 5.63. The zero-order chi connectivity index (χ0) is 16.9. The van der Waals surface area contributed by atoms with Crippen molar-refractivity contribution in [1.82, 2.24) is 0 Å². The highest BCUT2D eigenvalue weighted by Gasteiger charge is 2.29. The standard InChI is InChI=1S/C16H14BrF3N2O/c17-13-3-1-2-4-14(13)21-10-9-15(23)22-12-7-5-11(6-8-12)16(18,19)20/h1-8,21H,9-10H2,(H,22,23). The van der Waals surface area contributed by atoms with Crippen LogP contribution in [0.15, 0.2) is 53.0 Å². The third-order valence-corrected chi connectivity index (χ3v) is 3.73. The van der Waals surface area contributed by atoms with Crippen molar-refractivity contribution in [3.05, 3.63) is 58.6 Å². The van der Waals surface area contributed by atoms with Gasteiger partial charge < -0.3 is 10.6 Å². The molecule has 2 rings (SSSR count). The number of benzene rings is 2. The number of para-hydroxylation sites is 1. The molecule has 0 unspecified atom stereocenters. The maximum absolute atomic E-state index is 12.4. The highest BCUT2D eigenvalue weighted by Crippen LogP contribution is 2.29. The minimum absolute atomic E-state index is 0.197. The minimum atomic E-state index is -4.38. The Morgan fingerprint density at radius 2 is 1.70 bits per heavy atom. The lowest BCUT2D eigenvalue weighted by atomic mass is 10.2. The number of rotatable bonds is 5. The van der Waals surface area contributed by atoms with Gasteiger partial charge in [-0.2, -0.15) is 13.2 Å². The molecule has 0 bridgehead atoms. The van der Waals surface area contributed by atoms with Crippen LogP contribution < -0.4 is 10.6 Å². The molecule has 0 aromatic heterocycles. The fourth-order valence-electron chi connectivity index (χ4n) is 1.88. The van der Waals surface area contributed by atoms with E-state index in [9.17, 15) is 18.0 Å². The molecule has 1 amide bonds.